The fraction of sp³-hybridized carbons (Fsp3) is 0.111. The van der Waals surface area contributed by atoms with E-state index in [2.05, 4.69) is 36.6 Å². The van der Waals surface area contributed by atoms with E-state index in [-0.39, 0.29) is 11.8 Å². The fourth-order valence-electron chi connectivity index (χ4n) is 1.18. The van der Waals surface area contributed by atoms with Crippen LogP contribution in [0, 0.1) is 5.82 Å². The molecule has 0 spiro atoms. The largest absolute Gasteiger partial charge is 0.363 e. The van der Waals surface area contributed by atoms with Crippen LogP contribution < -0.4 is 16.6 Å². The number of nitrogens with one attached hydrogen (secondary N) is 2. The monoisotopic (exact) mass is 317 g/mol. The number of nitrogen functional groups attached to an aromatic ring is 1. The predicted octanol–water partition coefficient (Wildman–Crippen LogP) is 2.34. The maximum atomic E-state index is 13.4. The van der Waals surface area contributed by atoms with Gasteiger partial charge in [0.25, 0.3) is 0 Å². The molecule has 0 unspecified atom stereocenters. The molecule has 2 heterocycles. The van der Waals surface area contributed by atoms with Crippen molar-refractivity contribution >= 4 is 39.0 Å². The number of anilines is 2. The lowest BCUT2D eigenvalue weighted by Crippen LogP contribution is -2.12. The van der Waals surface area contributed by atoms with Gasteiger partial charge in [-0.2, -0.15) is 4.98 Å². The highest BCUT2D eigenvalue weighted by molar-refractivity contribution is 9.11. The molecule has 17 heavy (non-hydrogen) atoms. The summed E-state index contributed by atoms with van der Waals surface area (Å²) in [7, 11) is 0. The minimum absolute atomic E-state index is 0.123. The van der Waals surface area contributed by atoms with E-state index in [0.717, 1.165) is 14.9 Å². The van der Waals surface area contributed by atoms with Crippen molar-refractivity contribution in [3.05, 3.63) is 32.8 Å². The minimum Gasteiger partial charge on any atom is -0.363 e. The first-order valence-electron chi connectivity index (χ1n) is 4.66. The highest BCUT2D eigenvalue weighted by Gasteiger charge is 2.06. The summed E-state index contributed by atoms with van der Waals surface area (Å²) >= 11 is 4.93. The van der Waals surface area contributed by atoms with Gasteiger partial charge in [0.1, 0.15) is 0 Å². The molecular weight excluding hydrogens is 309 g/mol. The van der Waals surface area contributed by atoms with Gasteiger partial charge in [0, 0.05) is 4.88 Å². The van der Waals surface area contributed by atoms with Gasteiger partial charge in [0.05, 0.1) is 16.5 Å². The van der Waals surface area contributed by atoms with Crippen molar-refractivity contribution in [2.75, 3.05) is 10.7 Å². The van der Waals surface area contributed by atoms with Crippen LogP contribution in [0.15, 0.2) is 22.1 Å². The third kappa shape index (κ3) is 3.11. The van der Waals surface area contributed by atoms with Crippen molar-refractivity contribution in [1.29, 1.82) is 0 Å². The molecule has 0 saturated carbocycles. The van der Waals surface area contributed by atoms with Crippen LogP contribution in [0.1, 0.15) is 4.88 Å². The second-order valence-corrected chi connectivity index (χ2v) is 5.64. The molecule has 0 aromatic carbocycles. The zero-order chi connectivity index (χ0) is 12.3. The molecule has 5 nitrogen and oxygen atoms in total. The molecule has 0 bridgehead atoms. The van der Waals surface area contributed by atoms with E-state index in [1.165, 1.54) is 0 Å². The molecule has 0 amide bonds. The lowest BCUT2D eigenvalue weighted by molar-refractivity contribution is 0.617. The number of thiophene rings is 1. The van der Waals surface area contributed by atoms with Crippen LogP contribution in [-0.4, -0.2) is 9.97 Å². The summed E-state index contributed by atoms with van der Waals surface area (Å²) in [5, 5.41) is 2.89. The third-order valence-corrected chi connectivity index (χ3v) is 3.56. The van der Waals surface area contributed by atoms with Gasteiger partial charge in [-0.15, -0.1) is 11.3 Å². The van der Waals surface area contributed by atoms with Gasteiger partial charge in [0.15, 0.2) is 11.6 Å². The highest BCUT2D eigenvalue weighted by atomic mass is 79.9. The van der Waals surface area contributed by atoms with Crippen molar-refractivity contribution in [1.82, 2.24) is 9.97 Å². The van der Waals surface area contributed by atoms with Gasteiger partial charge in [0.2, 0.25) is 5.95 Å². The lowest BCUT2D eigenvalue weighted by atomic mass is 10.4. The van der Waals surface area contributed by atoms with Crippen LogP contribution >= 0.6 is 27.3 Å². The first-order chi connectivity index (χ1) is 8.19. The molecular formula is C9H9BrFN5S. The second-order valence-electron chi connectivity index (χ2n) is 3.09. The number of halogens is 2. The van der Waals surface area contributed by atoms with Crippen LogP contribution in [0.5, 0.6) is 0 Å². The van der Waals surface area contributed by atoms with Crippen LogP contribution in [-0.2, 0) is 6.54 Å². The van der Waals surface area contributed by atoms with E-state index in [1.54, 1.807) is 11.3 Å². The van der Waals surface area contributed by atoms with Gasteiger partial charge < -0.3 is 5.32 Å². The summed E-state index contributed by atoms with van der Waals surface area (Å²) in [6.07, 6.45) is 1.06. The normalized spacial score (nSPS) is 10.3. The van der Waals surface area contributed by atoms with E-state index >= 15 is 0 Å². The number of hydrogen-bond donors (Lipinski definition) is 3. The Morgan fingerprint density at radius 2 is 2.29 bits per heavy atom. The van der Waals surface area contributed by atoms with Crippen molar-refractivity contribution in [3.63, 3.8) is 0 Å². The predicted molar refractivity (Wildman–Crippen MR) is 69.1 cm³/mol. The van der Waals surface area contributed by atoms with Crippen LogP contribution in [0.3, 0.4) is 0 Å². The summed E-state index contributed by atoms with van der Waals surface area (Å²) in [6, 6.07) is 3.88. The van der Waals surface area contributed by atoms with Gasteiger partial charge in [-0.1, -0.05) is 0 Å². The Morgan fingerprint density at radius 1 is 1.47 bits per heavy atom. The van der Waals surface area contributed by atoms with Gasteiger partial charge in [-0.3, -0.25) is 5.43 Å². The Labute approximate surface area is 109 Å². The van der Waals surface area contributed by atoms with Gasteiger partial charge in [-0.25, -0.2) is 15.2 Å². The maximum absolute atomic E-state index is 13.4. The van der Waals surface area contributed by atoms with Gasteiger partial charge >= 0.3 is 0 Å². The van der Waals surface area contributed by atoms with E-state index in [0.29, 0.717) is 6.54 Å². The smallest absolute Gasteiger partial charge is 0.239 e. The van der Waals surface area contributed by atoms with E-state index in [9.17, 15) is 4.39 Å². The summed E-state index contributed by atoms with van der Waals surface area (Å²) < 4.78 is 14.4. The number of rotatable bonds is 4. The maximum Gasteiger partial charge on any atom is 0.239 e. The zero-order valence-electron chi connectivity index (χ0n) is 8.58. The Balaban J connectivity index is 2.07. The Bertz CT molecular complexity index is 518. The van der Waals surface area contributed by atoms with Crippen molar-refractivity contribution in [2.45, 2.75) is 6.54 Å². The van der Waals surface area contributed by atoms with Crippen molar-refractivity contribution < 1.29 is 4.39 Å². The molecule has 0 aliphatic rings. The number of hydrogen-bond acceptors (Lipinski definition) is 6. The number of nitrogens with zero attached hydrogens (tertiary/aromatic N) is 2. The average molecular weight is 318 g/mol. The van der Waals surface area contributed by atoms with E-state index in [1.807, 2.05) is 12.1 Å². The number of nitrogens with two attached hydrogens (primary N) is 1. The van der Waals surface area contributed by atoms with Crippen molar-refractivity contribution in [2.24, 2.45) is 5.84 Å². The zero-order valence-corrected chi connectivity index (χ0v) is 11.0. The topological polar surface area (TPSA) is 75.9 Å². The molecule has 0 atom stereocenters. The molecule has 0 saturated heterocycles. The lowest BCUT2D eigenvalue weighted by Gasteiger charge is -2.06. The Hall–Kier alpha value is -1.25. The van der Waals surface area contributed by atoms with Gasteiger partial charge in [-0.05, 0) is 28.1 Å². The van der Waals surface area contributed by atoms with Crippen LogP contribution in [0.25, 0.3) is 0 Å². The molecule has 0 radical (unpaired) electrons. The first-order valence-corrected chi connectivity index (χ1v) is 6.27. The summed E-state index contributed by atoms with van der Waals surface area (Å²) in [5.41, 5.74) is 2.26. The summed E-state index contributed by atoms with van der Waals surface area (Å²) in [5.74, 6) is 4.93. The second kappa shape index (κ2) is 5.39. The standard InChI is InChI=1S/C9H9BrFN5S/c10-7-2-1-5(17-7)3-13-8-6(11)4-14-9(15-8)16-12/h1-2,4H,3,12H2,(H2,13,14,15,16). The average Bonchev–Trinajstić information content (AvgIpc) is 2.74. The van der Waals surface area contributed by atoms with Crippen molar-refractivity contribution in [3.8, 4) is 0 Å². The van der Waals surface area contributed by atoms with Crippen LogP contribution in [0.4, 0.5) is 16.2 Å². The molecule has 0 fully saturated rings. The van der Waals surface area contributed by atoms with E-state index in [4.69, 9.17) is 5.84 Å². The Kier molecular flexibility index (Phi) is 3.87. The SMILES string of the molecule is NNc1ncc(F)c(NCc2ccc(Br)s2)n1. The highest BCUT2D eigenvalue weighted by Crippen LogP contribution is 2.23. The molecule has 2 aromatic rings. The molecule has 8 heteroatoms. The number of aromatic nitrogens is 2. The summed E-state index contributed by atoms with van der Waals surface area (Å²) in [6.45, 7) is 0.494. The molecule has 2 rings (SSSR count). The number of hydrazine groups is 1. The molecule has 0 aliphatic carbocycles. The fourth-order valence-corrected chi connectivity index (χ4v) is 2.60. The molecule has 90 valence electrons. The van der Waals surface area contributed by atoms with E-state index < -0.39 is 5.82 Å². The quantitative estimate of drug-likeness (QED) is 0.596. The van der Waals surface area contributed by atoms with Crippen LogP contribution in [0.2, 0.25) is 0 Å². The Morgan fingerprint density at radius 3 is 2.94 bits per heavy atom. The molecule has 2 aromatic heterocycles. The molecule has 0 aliphatic heterocycles. The minimum atomic E-state index is -0.514. The third-order valence-electron chi connectivity index (χ3n) is 1.93. The summed E-state index contributed by atoms with van der Waals surface area (Å²) in [4.78, 5) is 8.59. The first kappa shape index (κ1) is 12.2. The molecule has 4 N–H and O–H groups in total.